The van der Waals surface area contributed by atoms with Crippen molar-refractivity contribution in [2.45, 2.75) is 6.54 Å². The van der Waals surface area contributed by atoms with Crippen molar-refractivity contribution in [1.82, 2.24) is 0 Å². The number of rotatable bonds is 4. The Kier molecular flexibility index (Phi) is 4.37. The lowest BCUT2D eigenvalue weighted by Gasteiger charge is -2.09. The van der Waals surface area contributed by atoms with Crippen LogP contribution in [0.1, 0.15) is 5.56 Å². The van der Waals surface area contributed by atoms with Crippen molar-refractivity contribution in [2.75, 3.05) is 5.32 Å². The average molecular weight is 359 g/mol. The number of nitro benzene ring substituents is 1. The van der Waals surface area contributed by atoms with E-state index in [2.05, 4.69) is 21.2 Å². The number of anilines is 1. The highest BCUT2D eigenvalue weighted by Crippen LogP contribution is 2.28. The van der Waals surface area contributed by atoms with Crippen molar-refractivity contribution >= 4 is 27.3 Å². The van der Waals surface area contributed by atoms with Crippen LogP contribution in [0.4, 0.5) is 20.2 Å². The predicted molar refractivity (Wildman–Crippen MR) is 76.1 cm³/mol. The first-order chi connectivity index (χ1) is 9.88. The topological polar surface area (TPSA) is 75.4 Å². The van der Waals surface area contributed by atoms with Crippen LogP contribution in [-0.2, 0) is 6.54 Å². The van der Waals surface area contributed by atoms with Crippen LogP contribution in [-0.4, -0.2) is 10.0 Å². The average Bonchev–Trinajstić information content (AvgIpc) is 2.43. The second-order valence-corrected chi connectivity index (χ2v) is 5.04. The Balaban J connectivity index is 2.15. The summed E-state index contributed by atoms with van der Waals surface area (Å²) in [4.78, 5) is 10.1. The second-order valence-electron chi connectivity index (χ2n) is 4.18. The lowest BCUT2D eigenvalue weighted by Crippen LogP contribution is -2.02. The monoisotopic (exact) mass is 358 g/mol. The van der Waals surface area contributed by atoms with Crippen LogP contribution in [0.15, 0.2) is 34.8 Å². The van der Waals surface area contributed by atoms with Gasteiger partial charge in [-0.25, -0.2) is 8.78 Å². The molecule has 0 aromatic heterocycles. The Labute approximate surface area is 126 Å². The molecule has 0 aliphatic rings. The second kappa shape index (κ2) is 6.04. The Morgan fingerprint density at radius 3 is 2.38 bits per heavy atom. The highest BCUT2D eigenvalue weighted by molar-refractivity contribution is 9.10. The third kappa shape index (κ3) is 3.46. The summed E-state index contributed by atoms with van der Waals surface area (Å²) in [5, 5.41) is 22.5. The van der Waals surface area contributed by atoms with Crippen LogP contribution in [0.2, 0.25) is 0 Å². The highest BCUT2D eigenvalue weighted by Gasteiger charge is 2.11. The van der Waals surface area contributed by atoms with E-state index >= 15 is 0 Å². The van der Waals surface area contributed by atoms with Crippen molar-refractivity contribution in [3.63, 3.8) is 0 Å². The molecule has 2 N–H and O–H groups in total. The van der Waals surface area contributed by atoms with Gasteiger partial charge in [0.05, 0.1) is 4.92 Å². The van der Waals surface area contributed by atoms with Gasteiger partial charge in [0.2, 0.25) is 0 Å². The summed E-state index contributed by atoms with van der Waals surface area (Å²) in [6.07, 6.45) is 0. The standard InChI is InChI=1S/C13H9BrF2N2O3/c14-9-5-8(18(20)21)1-2-12(9)17-6-7-3-10(15)13(19)11(16)4-7/h1-5,17,19H,6H2. The molecule has 0 spiro atoms. The van der Waals surface area contributed by atoms with Crippen LogP contribution in [0.3, 0.4) is 0 Å². The zero-order valence-corrected chi connectivity index (χ0v) is 12.0. The van der Waals surface area contributed by atoms with E-state index in [4.69, 9.17) is 5.11 Å². The maximum Gasteiger partial charge on any atom is 0.270 e. The van der Waals surface area contributed by atoms with Crippen LogP contribution in [0.25, 0.3) is 0 Å². The van der Waals surface area contributed by atoms with Gasteiger partial charge in [0.25, 0.3) is 5.69 Å². The first kappa shape index (κ1) is 15.2. The largest absolute Gasteiger partial charge is 0.503 e. The van der Waals surface area contributed by atoms with E-state index in [0.717, 1.165) is 12.1 Å². The quantitative estimate of drug-likeness (QED) is 0.640. The third-order valence-electron chi connectivity index (χ3n) is 2.72. The molecule has 0 atom stereocenters. The number of nitrogens with zero attached hydrogens (tertiary/aromatic N) is 1. The Morgan fingerprint density at radius 2 is 1.86 bits per heavy atom. The summed E-state index contributed by atoms with van der Waals surface area (Å²) in [5.41, 5.74) is 0.747. The van der Waals surface area contributed by atoms with E-state index < -0.39 is 22.3 Å². The molecule has 2 rings (SSSR count). The molecule has 0 radical (unpaired) electrons. The minimum Gasteiger partial charge on any atom is -0.503 e. The number of phenolic OH excluding ortho intramolecular Hbond substituents is 1. The van der Waals surface area contributed by atoms with Gasteiger partial charge >= 0.3 is 0 Å². The molecule has 0 fully saturated rings. The zero-order chi connectivity index (χ0) is 15.6. The van der Waals surface area contributed by atoms with Gasteiger partial charge in [0.15, 0.2) is 17.4 Å². The van der Waals surface area contributed by atoms with Gasteiger partial charge < -0.3 is 10.4 Å². The van der Waals surface area contributed by atoms with Crippen LogP contribution in [0.5, 0.6) is 5.75 Å². The number of halogens is 3. The first-order valence-corrected chi connectivity index (χ1v) is 6.52. The molecule has 0 aliphatic heterocycles. The van der Waals surface area contributed by atoms with Crippen molar-refractivity contribution in [3.05, 3.63) is 62.1 Å². The Morgan fingerprint density at radius 1 is 1.24 bits per heavy atom. The number of phenols is 1. The maximum atomic E-state index is 13.2. The van der Waals surface area contributed by atoms with Crippen molar-refractivity contribution in [1.29, 1.82) is 0 Å². The number of hydrogen-bond acceptors (Lipinski definition) is 4. The summed E-state index contributed by atoms with van der Waals surface area (Å²) in [6, 6.07) is 6.12. The summed E-state index contributed by atoms with van der Waals surface area (Å²) < 4.78 is 26.8. The van der Waals surface area contributed by atoms with Crippen molar-refractivity contribution in [3.8, 4) is 5.75 Å². The van der Waals surface area contributed by atoms with E-state index in [1.54, 1.807) is 0 Å². The summed E-state index contributed by atoms with van der Waals surface area (Å²) in [5.74, 6) is -3.11. The molecule has 2 aromatic rings. The SMILES string of the molecule is O=[N+]([O-])c1ccc(NCc2cc(F)c(O)c(F)c2)c(Br)c1. The van der Waals surface area contributed by atoms with E-state index in [1.807, 2.05) is 0 Å². The lowest BCUT2D eigenvalue weighted by molar-refractivity contribution is -0.384. The maximum absolute atomic E-state index is 13.2. The molecule has 21 heavy (non-hydrogen) atoms. The molecule has 2 aromatic carbocycles. The lowest BCUT2D eigenvalue weighted by atomic mass is 10.2. The van der Waals surface area contributed by atoms with E-state index in [0.29, 0.717) is 10.2 Å². The van der Waals surface area contributed by atoms with Gasteiger partial charge in [0, 0.05) is 28.8 Å². The summed E-state index contributed by atoms with van der Waals surface area (Å²) in [7, 11) is 0. The first-order valence-electron chi connectivity index (χ1n) is 5.73. The molecule has 0 amide bonds. The fourth-order valence-corrected chi connectivity index (χ4v) is 2.19. The molecule has 0 aliphatic carbocycles. The normalized spacial score (nSPS) is 10.4. The van der Waals surface area contributed by atoms with Crippen LogP contribution >= 0.6 is 15.9 Å². The number of nitro groups is 1. The van der Waals surface area contributed by atoms with Gasteiger partial charge in [0.1, 0.15) is 0 Å². The fraction of sp³-hybridized carbons (Fsp3) is 0.0769. The summed E-state index contributed by atoms with van der Waals surface area (Å²) in [6.45, 7) is 0.0878. The molecular formula is C13H9BrF2N2O3. The van der Waals surface area contributed by atoms with Gasteiger partial charge in [-0.15, -0.1) is 0 Å². The third-order valence-corrected chi connectivity index (χ3v) is 3.38. The molecular weight excluding hydrogens is 350 g/mol. The minimum atomic E-state index is -1.05. The van der Waals surface area contributed by atoms with Crippen molar-refractivity contribution < 1.29 is 18.8 Å². The fourth-order valence-electron chi connectivity index (χ4n) is 1.68. The zero-order valence-electron chi connectivity index (χ0n) is 10.4. The Bertz CT molecular complexity index is 687. The molecule has 0 saturated carbocycles. The van der Waals surface area contributed by atoms with Gasteiger partial charge in [-0.2, -0.15) is 0 Å². The molecule has 5 nitrogen and oxygen atoms in total. The van der Waals surface area contributed by atoms with Crippen LogP contribution in [0, 0.1) is 21.7 Å². The molecule has 110 valence electrons. The van der Waals surface area contributed by atoms with Gasteiger partial charge in [-0.1, -0.05) is 0 Å². The number of nitrogens with one attached hydrogen (secondary N) is 1. The summed E-state index contributed by atoms with van der Waals surface area (Å²) >= 11 is 3.17. The number of aromatic hydroxyl groups is 1. The van der Waals surface area contributed by atoms with E-state index in [9.17, 15) is 18.9 Å². The van der Waals surface area contributed by atoms with E-state index in [-0.39, 0.29) is 17.8 Å². The van der Waals surface area contributed by atoms with Crippen molar-refractivity contribution in [2.24, 2.45) is 0 Å². The smallest absolute Gasteiger partial charge is 0.270 e. The molecule has 0 bridgehead atoms. The number of benzene rings is 2. The number of non-ortho nitro benzene ring substituents is 1. The van der Waals surface area contributed by atoms with Gasteiger partial charge in [-0.3, -0.25) is 10.1 Å². The molecule has 0 unspecified atom stereocenters. The van der Waals surface area contributed by atoms with Gasteiger partial charge in [-0.05, 0) is 39.7 Å². The molecule has 8 heteroatoms. The molecule has 0 saturated heterocycles. The minimum absolute atomic E-state index is 0.0749. The van der Waals surface area contributed by atoms with Crippen LogP contribution < -0.4 is 5.32 Å². The predicted octanol–water partition coefficient (Wildman–Crippen LogP) is 3.95. The number of hydrogen-bond donors (Lipinski definition) is 2. The van der Waals surface area contributed by atoms with E-state index in [1.165, 1.54) is 18.2 Å². The molecule has 0 heterocycles. The Hall–Kier alpha value is -2.22. The highest BCUT2D eigenvalue weighted by atomic mass is 79.9.